The van der Waals surface area contributed by atoms with Crippen molar-refractivity contribution in [3.05, 3.63) is 47.3 Å². The second kappa shape index (κ2) is 5.79. The molecule has 0 aliphatic heterocycles. The third kappa shape index (κ3) is 2.67. The van der Waals surface area contributed by atoms with Gasteiger partial charge in [0.2, 0.25) is 0 Å². The van der Waals surface area contributed by atoms with Crippen molar-refractivity contribution < 1.29 is 13.6 Å². The summed E-state index contributed by atoms with van der Waals surface area (Å²) in [7, 11) is 3.14. The van der Waals surface area contributed by atoms with E-state index >= 15 is 0 Å². The van der Waals surface area contributed by atoms with Crippen molar-refractivity contribution in [3.63, 3.8) is 0 Å². The molecular weight excluding hydrogens is 266 g/mol. The van der Waals surface area contributed by atoms with Gasteiger partial charge in [0.1, 0.15) is 5.69 Å². The average molecular weight is 280 g/mol. The third-order valence-corrected chi connectivity index (χ3v) is 2.74. The van der Waals surface area contributed by atoms with Gasteiger partial charge in [-0.05, 0) is 30.8 Å². The zero-order valence-corrected chi connectivity index (χ0v) is 11.1. The highest BCUT2D eigenvalue weighted by molar-refractivity contribution is 5.91. The van der Waals surface area contributed by atoms with Crippen LogP contribution in [0.5, 0.6) is 0 Å². The number of carbonyl (C=O) groups is 1. The molecule has 1 aromatic carbocycles. The van der Waals surface area contributed by atoms with Gasteiger partial charge >= 0.3 is 0 Å². The fourth-order valence-corrected chi connectivity index (χ4v) is 1.84. The Morgan fingerprint density at radius 2 is 1.95 bits per heavy atom. The topological polar surface area (TPSA) is 59.0 Å². The Kier molecular flexibility index (Phi) is 4.09. The van der Waals surface area contributed by atoms with Crippen LogP contribution in [0.2, 0.25) is 0 Å². The molecule has 1 heterocycles. The largest absolute Gasteiger partial charge is 0.354 e. The highest BCUT2D eigenvalue weighted by Gasteiger charge is 2.16. The van der Waals surface area contributed by atoms with Crippen molar-refractivity contribution in [1.29, 1.82) is 0 Å². The number of carbonyl (C=O) groups excluding carboxylic acids is 1. The van der Waals surface area contributed by atoms with Gasteiger partial charge in [-0.1, -0.05) is 0 Å². The van der Waals surface area contributed by atoms with Gasteiger partial charge in [-0.15, -0.1) is 0 Å². The molecule has 2 N–H and O–H groups in total. The molecule has 0 atom stereocenters. The van der Waals surface area contributed by atoms with E-state index in [1.807, 2.05) is 0 Å². The predicted molar refractivity (Wildman–Crippen MR) is 69.6 cm³/mol. The molecule has 0 aliphatic rings. The van der Waals surface area contributed by atoms with Crippen LogP contribution < -0.4 is 10.6 Å². The maximum atomic E-state index is 14.0. The molecule has 0 bridgehead atoms. The first-order valence-electron chi connectivity index (χ1n) is 5.97. The lowest BCUT2D eigenvalue weighted by molar-refractivity contribution is 0.0957. The van der Waals surface area contributed by atoms with Crippen LogP contribution in [0, 0.1) is 11.6 Å². The number of halogens is 2. The van der Waals surface area contributed by atoms with Crippen LogP contribution >= 0.6 is 0 Å². The van der Waals surface area contributed by atoms with Crippen LogP contribution in [-0.4, -0.2) is 29.8 Å². The lowest BCUT2D eigenvalue weighted by Gasteiger charge is -2.08. The van der Waals surface area contributed by atoms with E-state index in [0.29, 0.717) is 12.1 Å². The Morgan fingerprint density at radius 3 is 2.50 bits per heavy atom. The molecule has 0 spiro atoms. The molecular formula is C13H14F2N4O. The second-order valence-corrected chi connectivity index (χ2v) is 4.16. The number of hydrogen-bond donors (Lipinski definition) is 2. The lowest BCUT2D eigenvalue weighted by atomic mass is 10.2. The molecule has 7 heteroatoms. The van der Waals surface area contributed by atoms with E-state index in [-0.39, 0.29) is 11.4 Å². The molecule has 0 saturated heterocycles. The van der Waals surface area contributed by atoms with Crippen molar-refractivity contribution >= 4 is 5.91 Å². The molecule has 2 rings (SSSR count). The summed E-state index contributed by atoms with van der Waals surface area (Å²) < 4.78 is 29.0. The zero-order valence-electron chi connectivity index (χ0n) is 11.1. The van der Waals surface area contributed by atoms with E-state index in [9.17, 15) is 13.6 Å². The highest BCUT2D eigenvalue weighted by atomic mass is 19.1. The summed E-state index contributed by atoms with van der Waals surface area (Å²) in [6.07, 6.45) is 1.34. The molecule has 1 amide bonds. The van der Waals surface area contributed by atoms with Crippen molar-refractivity contribution in [2.45, 2.75) is 6.54 Å². The fraction of sp³-hybridized carbons (Fsp3) is 0.231. The lowest BCUT2D eigenvalue weighted by Crippen LogP contribution is -2.18. The number of hydrogen-bond acceptors (Lipinski definition) is 3. The monoisotopic (exact) mass is 280 g/mol. The first-order chi connectivity index (χ1) is 9.56. The molecule has 5 nitrogen and oxygen atoms in total. The second-order valence-electron chi connectivity index (χ2n) is 4.16. The number of nitrogens with zero attached hydrogens (tertiary/aromatic N) is 2. The smallest absolute Gasteiger partial charge is 0.271 e. The van der Waals surface area contributed by atoms with E-state index in [1.54, 1.807) is 7.05 Å². The normalized spacial score (nSPS) is 10.6. The fourth-order valence-electron chi connectivity index (χ4n) is 1.84. The maximum absolute atomic E-state index is 14.0. The number of rotatable bonds is 4. The van der Waals surface area contributed by atoms with Crippen LogP contribution in [0.4, 0.5) is 8.78 Å². The molecule has 106 valence electrons. The zero-order chi connectivity index (χ0) is 14.7. The first-order valence-corrected chi connectivity index (χ1v) is 5.97. The van der Waals surface area contributed by atoms with Gasteiger partial charge in [-0.3, -0.25) is 4.79 Å². The van der Waals surface area contributed by atoms with Gasteiger partial charge in [0.15, 0.2) is 17.3 Å². The number of nitrogens with one attached hydrogen (secondary N) is 2. The Bertz CT molecular complexity index is 616. The van der Waals surface area contributed by atoms with Crippen molar-refractivity contribution in [3.8, 4) is 5.69 Å². The van der Waals surface area contributed by atoms with E-state index in [2.05, 4.69) is 15.7 Å². The SMILES string of the molecule is CNCc1cc(F)c(-n2ccc(C(=O)NC)n2)c(F)c1. The van der Waals surface area contributed by atoms with E-state index < -0.39 is 17.5 Å². The maximum Gasteiger partial charge on any atom is 0.271 e. The van der Waals surface area contributed by atoms with Crippen molar-refractivity contribution in [2.75, 3.05) is 14.1 Å². The molecule has 0 fully saturated rings. The molecule has 0 unspecified atom stereocenters. The Labute approximate surface area is 114 Å². The summed E-state index contributed by atoms with van der Waals surface area (Å²) in [6.45, 7) is 0.358. The molecule has 1 aromatic heterocycles. The third-order valence-electron chi connectivity index (χ3n) is 2.74. The van der Waals surface area contributed by atoms with Crippen LogP contribution in [0.3, 0.4) is 0 Å². The van der Waals surface area contributed by atoms with Gasteiger partial charge in [0, 0.05) is 19.8 Å². The number of benzene rings is 1. The van der Waals surface area contributed by atoms with Crippen LogP contribution in [0.15, 0.2) is 24.4 Å². The minimum absolute atomic E-state index is 0.0885. The van der Waals surface area contributed by atoms with Crippen LogP contribution in [0.1, 0.15) is 16.1 Å². The summed E-state index contributed by atoms with van der Waals surface area (Å²) in [5.41, 5.74) is 0.274. The van der Waals surface area contributed by atoms with Gasteiger partial charge in [-0.25, -0.2) is 13.5 Å². The summed E-state index contributed by atoms with van der Waals surface area (Å²) in [5.74, 6) is -1.89. The van der Waals surface area contributed by atoms with E-state index in [4.69, 9.17) is 0 Å². The van der Waals surface area contributed by atoms with Crippen molar-refractivity contribution in [2.24, 2.45) is 0 Å². The molecule has 20 heavy (non-hydrogen) atoms. The summed E-state index contributed by atoms with van der Waals surface area (Å²) in [5, 5.41) is 9.06. The summed E-state index contributed by atoms with van der Waals surface area (Å²) in [6, 6.07) is 3.85. The summed E-state index contributed by atoms with van der Waals surface area (Å²) >= 11 is 0. The van der Waals surface area contributed by atoms with Gasteiger partial charge in [-0.2, -0.15) is 5.10 Å². The first kappa shape index (κ1) is 14.1. The Morgan fingerprint density at radius 1 is 1.30 bits per heavy atom. The van der Waals surface area contributed by atoms with Gasteiger partial charge in [0.25, 0.3) is 5.91 Å². The Balaban J connectivity index is 2.42. The van der Waals surface area contributed by atoms with Crippen LogP contribution in [0.25, 0.3) is 5.69 Å². The molecule has 0 radical (unpaired) electrons. The molecule has 2 aromatic rings. The minimum atomic E-state index is -0.734. The van der Waals surface area contributed by atoms with Crippen LogP contribution in [-0.2, 0) is 6.54 Å². The standard InChI is InChI=1S/C13H14F2N4O/c1-16-7-8-5-9(14)12(10(15)6-8)19-4-3-11(18-19)13(20)17-2/h3-6,16H,7H2,1-2H3,(H,17,20). The average Bonchev–Trinajstić information content (AvgIpc) is 2.87. The van der Waals surface area contributed by atoms with E-state index in [1.165, 1.54) is 31.4 Å². The highest BCUT2D eigenvalue weighted by Crippen LogP contribution is 2.19. The van der Waals surface area contributed by atoms with E-state index in [0.717, 1.165) is 4.68 Å². The quantitative estimate of drug-likeness (QED) is 0.885. The Hall–Kier alpha value is -2.28. The number of amides is 1. The molecule has 0 aliphatic carbocycles. The predicted octanol–water partition coefficient (Wildman–Crippen LogP) is 1.23. The minimum Gasteiger partial charge on any atom is -0.354 e. The van der Waals surface area contributed by atoms with Gasteiger partial charge < -0.3 is 10.6 Å². The van der Waals surface area contributed by atoms with Crippen molar-refractivity contribution in [1.82, 2.24) is 20.4 Å². The molecule has 0 saturated carbocycles. The summed E-state index contributed by atoms with van der Waals surface area (Å²) in [4.78, 5) is 11.4. The number of aromatic nitrogens is 2. The van der Waals surface area contributed by atoms with Gasteiger partial charge in [0.05, 0.1) is 0 Å².